The van der Waals surface area contributed by atoms with E-state index in [1.807, 2.05) is 30.3 Å². The number of benzene rings is 2. The molecule has 108 valence electrons. The molecule has 0 atom stereocenters. The SMILES string of the molecule is COC(=O)c1ccc(CC(=O)NCc2ccccc2)cc1. The third kappa shape index (κ3) is 4.45. The molecule has 0 aliphatic rings. The predicted octanol–water partition coefficient (Wildman–Crippen LogP) is 2.33. The summed E-state index contributed by atoms with van der Waals surface area (Å²) in [6.45, 7) is 0.514. The number of hydrogen-bond donors (Lipinski definition) is 1. The van der Waals surface area contributed by atoms with E-state index in [2.05, 4.69) is 10.1 Å². The van der Waals surface area contributed by atoms with Crippen LogP contribution >= 0.6 is 0 Å². The first kappa shape index (κ1) is 14.8. The van der Waals surface area contributed by atoms with Crippen LogP contribution in [0.1, 0.15) is 21.5 Å². The Morgan fingerprint density at radius 1 is 0.952 bits per heavy atom. The Hall–Kier alpha value is -2.62. The first-order chi connectivity index (χ1) is 10.2. The van der Waals surface area contributed by atoms with Gasteiger partial charge in [-0.25, -0.2) is 4.79 Å². The highest BCUT2D eigenvalue weighted by atomic mass is 16.5. The molecule has 0 unspecified atom stereocenters. The minimum absolute atomic E-state index is 0.0512. The number of amides is 1. The van der Waals surface area contributed by atoms with Gasteiger partial charge in [0.1, 0.15) is 0 Å². The Labute approximate surface area is 123 Å². The van der Waals surface area contributed by atoms with Gasteiger partial charge < -0.3 is 10.1 Å². The Morgan fingerprint density at radius 2 is 1.62 bits per heavy atom. The number of ether oxygens (including phenoxy) is 1. The molecule has 0 aromatic heterocycles. The van der Waals surface area contributed by atoms with E-state index in [1.54, 1.807) is 24.3 Å². The molecule has 0 bridgehead atoms. The molecule has 0 aliphatic carbocycles. The molecule has 0 aliphatic heterocycles. The fraction of sp³-hybridized carbons (Fsp3) is 0.176. The summed E-state index contributed by atoms with van der Waals surface area (Å²) in [4.78, 5) is 23.2. The van der Waals surface area contributed by atoms with Crippen molar-refractivity contribution in [2.24, 2.45) is 0 Å². The van der Waals surface area contributed by atoms with Crippen LogP contribution in [0.3, 0.4) is 0 Å². The number of carbonyl (C=O) groups excluding carboxylic acids is 2. The molecule has 1 N–H and O–H groups in total. The van der Waals surface area contributed by atoms with Crippen LogP contribution in [0.25, 0.3) is 0 Å². The van der Waals surface area contributed by atoms with E-state index in [4.69, 9.17) is 0 Å². The molecular formula is C17H17NO3. The summed E-state index contributed by atoms with van der Waals surface area (Å²) in [7, 11) is 1.34. The number of nitrogens with one attached hydrogen (secondary N) is 1. The largest absolute Gasteiger partial charge is 0.465 e. The lowest BCUT2D eigenvalue weighted by molar-refractivity contribution is -0.120. The molecule has 4 nitrogen and oxygen atoms in total. The summed E-state index contributed by atoms with van der Waals surface area (Å²) in [5.41, 5.74) is 2.39. The monoisotopic (exact) mass is 283 g/mol. The van der Waals surface area contributed by atoms with Crippen molar-refractivity contribution in [1.29, 1.82) is 0 Å². The maximum absolute atomic E-state index is 11.9. The minimum Gasteiger partial charge on any atom is -0.465 e. The molecule has 2 aromatic rings. The van der Waals surface area contributed by atoms with E-state index in [-0.39, 0.29) is 18.3 Å². The average molecular weight is 283 g/mol. The number of rotatable bonds is 5. The Morgan fingerprint density at radius 3 is 2.24 bits per heavy atom. The Bertz CT molecular complexity index is 606. The quantitative estimate of drug-likeness (QED) is 0.857. The number of methoxy groups -OCH3 is 1. The van der Waals surface area contributed by atoms with Crippen molar-refractivity contribution in [3.05, 3.63) is 71.3 Å². The van der Waals surface area contributed by atoms with Gasteiger partial charge >= 0.3 is 5.97 Å². The molecule has 0 radical (unpaired) electrons. The van der Waals surface area contributed by atoms with Crippen molar-refractivity contribution in [2.45, 2.75) is 13.0 Å². The van der Waals surface area contributed by atoms with E-state index in [9.17, 15) is 9.59 Å². The van der Waals surface area contributed by atoms with Crippen molar-refractivity contribution in [1.82, 2.24) is 5.32 Å². The highest BCUT2D eigenvalue weighted by Gasteiger charge is 2.07. The van der Waals surface area contributed by atoms with Crippen LogP contribution in [0, 0.1) is 0 Å². The first-order valence-electron chi connectivity index (χ1n) is 6.67. The van der Waals surface area contributed by atoms with Gasteiger partial charge in [0.15, 0.2) is 0 Å². The summed E-state index contributed by atoms with van der Waals surface area (Å²) in [5.74, 6) is -0.431. The van der Waals surface area contributed by atoms with Gasteiger partial charge in [0.25, 0.3) is 0 Å². The Kier molecular flexibility index (Phi) is 5.10. The summed E-state index contributed by atoms with van der Waals surface area (Å²) in [6.07, 6.45) is 0.286. The van der Waals surface area contributed by atoms with E-state index < -0.39 is 0 Å². The predicted molar refractivity (Wildman–Crippen MR) is 79.8 cm³/mol. The van der Waals surface area contributed by atoms with Crippen molar-refractivity contribution >= 4 is 11.9 Å². The number of esters is 1. The average Bonchev–Trinajstić information content (AvgIpc) is 2.54. The molecule has 2 aromatic carbocycles. The first-order valence-corrected chi connectivity index (χ1v) is 6.67. The van der Waals surface area contributed by atoms with Crippen molar-refractivity contribution in [2.75, 3.05) is 7.11 Å². The zero-order chi connectivity index (χ0) is 15.1. The van der Waals surface area contributed by atoms with Crippen LogP contribution in [0.2, 0.25) is 0 Å². The highest BCUT2D eigenvalue weighted by Crippen LogP contribution is 2.06. The van der Waals surface area contributed by atoms with E-state index in [0.29, 0.717) is 12.1 Å². The molecule has 2 rings (SSSR count). The molecule has 21 heavy (non-hydrogen) atoms. The molecular weight excluding hydrogens is 266 g/mol. The zero-order valence-electron chi connectivity index (χ0n) is 11.8. The van der Waals surface area contributed by atoms with Gasteiger partial charge in [0.05, 0.1) is 19.1 Å². The smallest absolute Gasteiger partial charge is 0.337 e. The molecule has 0 saturated carbocycles. The maximum atomic E-state index is 11.9. The normalized spacial score (nSPS) is 9.95. The van der Waals surface area contributed by atoms with Crippen LogP contribution < -0.4 is 5.32 Å². The van der Waals surface area contributed by atoms with Crippen molar-refractivity contribution in [3.8, 4) is 0 Å². The lowest BCUT2D eigenvalue weighted by Crippen LogP contribution is -2.24. The number of hydrogen-bond acceptors (Lipinski definition) is 3. The van der Waals surface area contributed by atoms with Gasteiger partial charge in [-0.2, -0.15) is 0 Å². The summed E-state index contributed by atoms with van der Waals surface area (Å²) >= 11 is 0. The van der Waals surface area contributed by atoms with Crippen LogP contribution in [-0.2, 0) is 22.5 Å². The third-order valence-corrected chi connectivity index (χ3v) is 3.07. The summed E-state index contributed by atoms with van der Waals surface area (Å²) in [5, 5.41) is 2.87. The van der Waals surface area contributed by atoms with Crippen LogP contribution in [0.4, 0.5) is 0 Å². The lowest BCUT2D eigenvalue weighted by atomic mass is 10.1. The molecule has 4 heteroatoms. The van der Waals surface area contributed by atoms with E-state index in [0.717, 1.165) is 11.1 Å². The molecule has 0 heterocycles. The highest BCUT2D eigenvalue weighted by molar-refractivity contribution is 5.89. The second kappa shape index (κ2) is 7.24. The topological polar surface area (TPSA) is 55.4 Å². The van der Waals surface area contributed by atoms with Gasteiger partial charge in [-0.15, -0.1) is 0 Å². The molecule has 0 spiro atoms. The molecule has 0 saturated heterocycles. The van der Waals surface area contributed by atoms with Gasteiger partial charge in [-0.05, 0) is 23.3 Å². The lowest BCUT2D eigenvalue weighted by Gasteiger charge is -2.06. The number of carbonyl (C=O) groups is 2. The second-order valence-corrected chi connectivity index (χ2v) is 4.63. The van der Waals surface area contributed by atoms with Crippen LogP contribution in [0.5, 0.6) is 0 Å². The molecule has 0 fully saturated rings. The van der Waals surface area contributed by atoms with Gasteiger partial charge in [0, 0.05) is 6.54 Å². The standard InChI is InChI=1S/C17H17NO3/c1-21-17(20)15-9-7-13(8-10-15)11-16(19)18-12-14-5-3-2-4-6-14/h2-10H,11-12H2,1H3,(H,18,19). The van der Waals surface area contributed by atoms with Crippen LogP contribution in [-0.4, -0.2) is 19.0 Å². The van der Waals surface area contributed by atoms with E-state index >= 15 is 0 Å². The van der Waals surface area contributed by atoms with E-state index in [1.165, 1.54) is 7.11 Å². The summed E-state index contributed by atoms with van der Waals surface area (Å²) < 4.78 is 4.63. The van der Waals surface area contributed by atoms with Crippen molar-refractivity contribution < 1.29 is 14.3 Å². The van der Waals surface area contributed by atoms with Gasteiger partial charge in [-0.1, -0.05) is 42.5 Å². The van der Waals surface area contributed by atoms with Gasteiger partial charge in [0.2, 0.25) is 5.91 Å². The second-order valence-electron chi connectivity index (χ2n) is 4.63. The fourth-order valence-corrected chi connectivity index (χ4v) is 1.92. The molecule has 1 amide bonds. The van der Waals surface area contributed by atoms with Crippen molar-refractivity contribution in [3.63, 3.8) is 0 Å². The van der Waals surface area contributed by atoms with Crippen LogP contribution in [0.15, 0.2) is 54.6 Å². The summed E-state index contributed by atoms with van der Waals surface area (Å²) in [6, 6.07) is 16.6. The zero-order valence-corrected chi connectivity index (χ0v) is 11.8. The third-order valence-electron chi connectivity index (χ3n) is 3.07. The fourth-order valence-electron chi connectivity index (χ4n) is 1.92. The Balaban J connectivity index is 1.86. The van der Waals surface area contributed by atoms with Gasteiger partial charge in [-0.3, -0.25) is 4.79 Å². The minimum atomic E-state index is -0.380. The maximum Gasteiger partial charge on any atom is 0.337 e.